The molecule has 9 nitrogen and oxygen atoms in total. The van der Waals surface area contributed by atoms with Gasteiger partial charge in [-0.2, -0.15) is 0 Å². The van der Waals surface area contributed by atoms with Crippen molar-refractivity contribution in [3.05, 3.63) is 24.3 Å². The predicted molar refractivity (Wildman–Crippen MR) is 152 cm³/mol. The van der Waals surface area contributed by atoms with Crippen LogP contribution in [-0.4, -0.2) is 87.5 Å². The standard InChI is InChI=1S/C30H55NO8/c1-3-5-7-8-9-10-11-12-13-14-15-16-18-19-24(33)23(31-26(34)20-17-6-4-2)22-38-30-29(37)28(36)27(35)25(21-32)39-30/h13-14,18-19,23-25,27-30,32-33,35-37H,3-12,15-17,20-22H2,1-2H3,(H,31,34)/b14-13+,19-18+/t23-,24+,25+,27+,28-,29+,30+/m0/s1. The molecule has 0 bridgehead atoms. The van der Waals surface area contributed by atoms with Crippen LogP contribution in [0, 0.1) is 0 Å². The Bertz CT molecular complexity index is 671. The van der Waals surface area contributed by atoms with Crippen molar-refractivity contribution in [3.63, 3.8) is 0 Å². The number of amides is 1. The van der Waals surface area contributed by atoms with Crippen molar-refractivity contribution >= 4 is 5.91 Å². The molecule has 0 radical (unpaired) electrons. The minimum atomic E-state index is -1.56. The van der Waals surface area contributed by atoms with Gasteiger partial charge >= 0.3 is 0 Å². The van der Waals surface area contributed by atoms with E-state index in [4.69, 9.17) is 9.47 Å². The van der Waals surface area contributed by atoms with Gasteiger partial charge in [0, 0.05) is 6.42 Å². The summed E-state index contributed by atoms with van der Waals surface area (Å²) in [6.07, 6.45) is 14.5. The van der Waals surface area contributed by atoms with Crippen LogP contribution in [0.25, 0.3) is 0 Å². The molecule has 0 aromatic rings. The van der Waals surface area contributed by atoms with E-state index >= 15 is 0 Å². The summed E-state index contributed by atoms with van der Waals surface area (Å²) in [6, 6.07) is -0.810. The van der Waals surface area contributed by atoms with Crippen LogP contribution in [0.5, 0.6) is 0 Å². The van der Waals surface area contributed by atoms with Gasteiger partial charge in [0.2, 0.25) is 5.91 Å². The summed E-state index contributed by atoms with van der Waals surface area (Å²) < 4.78 is 11.0. The molecule has 1 aliphatic rings. The Labute approximate surface area is 235 Å². The van der Waals surface area contributed by atoms with E-state index in [1.807, 2.05) is 13.0 Å². The molecule has 1 saturated heterocycles. The van der Waals surface area contributed by atoms with Gasteiger partial charge in [0.25, 0.3) is 0 Å². The quantitative estimate of drug-likeness (QED) is 0.0878. The molecule has 6 N–H and O–H groups in total. The number of hydrogen-bond acceptors (Lipinski definition) is 8. The van der Waals surface area contributed by atoms with E-state index in [1.54, 1.807) is 6.08 Å². The summed E-state index contributed by atoms with van der Waals surface area (Å²) in [4.78, 5) is 12.4. The van der Waals surface area contributed by atoms with Crippen LogP contribution in [0.4, 0.5) is 0 Å². The van der Waals surface area contributed by atoms with Crippen molar-refractivity contribution in [2.45, 2.75) is 147 Å². The van der Waals surface area contributed by atoms with Crippen LogP contribution in [0.1, 0.15) is 104 Å². The Morgan fingerprint density at radius 1 is 0.846 bits per heavy atom. The van der Waals surface area contributed by atoms with E-state index in [-0.39, 0.29) is 12.5 Å². The third-order valence-corrected chi connectivity index (χ3v) is 7.03. The first-order chi connectivity index (χ1) is 18.8. The molecule has 1 amide bonds. The van der Waals surface area contributed by atoms with Gasteiger partial charge in [-0.15, -0.1) is 0 Å². The number of ether oxygens (including phenoxy) is 2. The highest BCUT2D eigenvalue weighted by molar-refractivity contribution is 5.76. The fourth-order valence-electron chi connectivity index (χ4n) is 4.46. The third kappa shape index (κ3) is 15.3. The van der Waals surface area contributed by atoms with Gasteiger partial charge in [-0.25, -0.2) is 0 Å². The minimum absolute atomic E-state index is 0.202. The SMILES string of the molecule is CCCCCCCCC/C=C/CC/C=C/[C@@H](O)[C@H](CO[C@@H]1O[C@H](CO)[C@@H](O)[C@H](O)[C@H]1O)NC(=O)CCCCC. The summed E-state index contributed by atoms with van der Waals surface area (Å²) in [7, 11) is 0. The molecule has 7 atom stereocenters. The molecule has 0 aromatic heterocycles. The summed E-state index contributed by atoms with van der Waals surface area (Å²) in [5.74, 6) is -0.216. The van der Waals surface area contributed by atoms with Gasteiger partial charge in [-0.05, 0) is 32.1 Å². The smallest absolute Gasteiger partial charge is 0.220 e. The highest BCUT2D eigenvalue weighted by atomic mass is 16.7. The van der Waals surface area contributed by atoms with Crippen LogP contribution < -0.4 is 5.32 Å². The van der Waals surface area contributed by atoms with Crippen molar-refractivity contribution in [3.8, 4) is 0 Å². The molecule has 1 fully saturated rings. The lowest BCUT2D eigenvalue weighted by Gasteiger charge is -2.40. The van der Waals surface area contributed by atoms with Crippen LogP contribution in [0.3, 0.4) is 0 Å². The Kier molecular flexibility index (Phi) is 20.5. The van der Waals surface area contributed by atoms with Crippen LogP contribution in [0.2, 0.25) is 0 Å². The number of hydrogen-bond donors (Lipinski definition) is 6. The van der Waals surface area contributed by atoms with Gasteiger partial charge in [-0.3, -0.25) is 4.79 Å². The molecule has 9 heteroatoms. The average molecular weight is 558 g/mol. The van der Waals surface area contributed by atoms with Crippen molar-refractivity contribution < 1.29 is 39.8 Å². The van der Waals surface area contributed by atoms with Crippen LogP contribution >= 0.6 is 0 Å². The predicted octanol–water partition coefficient (Wildman–Crippen LogP) is 3.26. The Morgan fingerprint density at radius 2 is 1.46 bits per heavy atom. The topological polar surface area (TPSA) is 149 Å². The van der Waals surface area contributed by atoms with E-state index in [0.29, 0.717) is 6.42 Å². The van der Waals surface area contributed by atoms with E-state index in [9.17, 15) is 30.3 Å². The maximum absolute atomic E-state index is 12.4. The van der Waals surface area contributed by atoms with Crippen molar-refractivity contribution in [2.24, 2.45) is 0 Å². The zero-order chi connectivity index (χ0) is 28.9. The lowest BCUT2D eigenvalue weighted by Crippen LogP contribution is -2.60. The molecular formula is C30H55NO8. The number of carbonyl (C=O) groups is 1. The second-order valence-electron chi connectivity index (χ2n) is 10.5. The Balaban J connectivity index is 2.53. The van der Waals surface area contributed by atoms with Crippen molar-refractivity contribution in [2.75, 3.05) is 13.2 Å². The van der Waals surface area contributed by atoms with Gasteiger partial charge in [-0.1, -0.05) is 89.5 Å². The molecule has 228 valence electrons. The molecule has 1 aliphatic heterocycles. The lowest BCUT2D eigenvalue weighted by molar-refractivity contribution is -0.302. The molecule has 39 heavy (non-hydrogen) atoms. The number of nitrogens with one attached hydrogen (secondary N) is 1. The highest BCUT2D eigenvalue weighted by Crippen LogP contribution is 2.22. The number of carbonyl (C=O) groups excluding carboxylic acids is 1. The molecule has 1 heterocycles. The first kappa shape index (κ1) is 35.7. The maximum Gasteiger partial charge on any atom is 0.220 e. The van der Waals surface area contributed by atoms with Gasteiger partial charge in [0.1, 0.15) is 24.4 Å². The van der Waals surface area contributed by atoms with Crippen LogP contribution in [-0.2, 0) is 14.3 Å². The average Bonchev–Trinajstić information content (AvgIpc) is 2.93. The maximum atomic E-state index is 12.4. The monoisotopic (exact) mass is 557 g/mol. The second-order valence-corrected chi connectivity index (χ2v) is 10.5. The second kappa shape index (κ2) is 22.4. The molecular weight excluding hydrogens is 502 g/mol. The van der Waals surface area contributed by atoms with E-state index < -0.39 is 49.5 Å². The van der Waals surface area contributed by atoms with Gasteiger partial charge < -0.3 is 40.3 Å². The molecule has 0 aromatic carbocycles. The normalized spacial score (nSPS) is 25.4. The van der Waals surface area contributed by atoms with Gasteiger partial charge in [0.15, 0.2) is 6.29 Å². The minimum Gasteiger partial charge on any atom is -0.394 e. The molecule has 0 spiro atoms. The van der Waals surface area contributed by atoms with E-state index in [2.05, 4.69) is 24.4 Å². The number of aliphatic hydroxyl groups excluding tert-OH is 5. The Hall–Kier alpha value is -1.33. The van der Waals surface area contributed by atoms with Crippen molar-refractivity contribution in [1.82, 2.24) is 5.32 Å². The number of rotatable bonds is 22. The molecule has 1 rings (SSSR count). The van der Waals surface area contributed by atoms with E-state index in [0.717, 1.165) is 38.5 Å². The molecule has 0 saturated carbocycles. The number of aliphatic hydroxyl groups is 5. The number of unbranched alkanes of at least 4 members (excludes halogenated alkanes) is 10. The fraction of sp³-hybridized carbons (Fsp3) is 0.833. The molecule has 0 unspecified atom stereocenters. The summed E-state index contributed by atoms with van der Waals surface area (Å²) in [5, 5.41) is 53.1. The van der Waals surface area contributed by atoms with Gasteiger partial charge in [0.05, 0.1) is 25.4 Å². The molecule has 0 aliphatic carbocycles. The summed E-state index contributed by atoms with van der Waals surface area (Å²) >= 11 is 0. The lowest BCUT2D eigenvalue weighted by atomic mass is 9.99. The first-order valence-corrected chi connectivity index (χ1v) is 15.1. The summed E-state index contributed by atoms with van der Waals surface area (Å²) in [5.41, 5.74) is 0. The zero-order valence-corrected chi connectivity index (χ0v) is 24.1. The number of allylic oxidation sites excluding steroid dienone is 3. The Morgan fingerprint density at radius 3 is 2.15 bits per heavy atom. The largest absolute Gasteiger partial charge is 0.394 e. The van der Waals surface area contributed by atoms with Crippen molar-refractivity contribution in [1.29, 1.82) is 0 Å². The van der Waals surface area contributed by atoms with Crippen LogP contribution in [0.15, 0.2) is 24.3 Å². The third-order valence-electron chi connectivity index (χ3n) is 7.03. The van der Waals surface area contributed by atoms with E-state index in [1.165, 1.54) is 44.9 Å². The summed E-state index contributed by atoms with van der Waals surface area (Å²) in [6.45, 7) is 3.51. The highest BCUT2D eigenvalue weighted by Gasteiger charge is 2.44. The fourth-order valence-corrected chi connectivity index (χ4v) is 4.46. The first-order valence-electron chi connectivity index (χ1n) is 15.1. The zero-order valence-electron chi connectivity index (χ0n) is 24.1.